The van der Waals surface area contributed by atoms with Gasteiger partial charge in [-0.2, -0.15) is 5.10 Å². The van der Waals surface area contributed by atoms with Crippen molar-refractivity contribution in [2.45, 2.75) is 17.8 Å². The molecule has 9 heteroatoms. The average molecular weight is 437 g/mol. The number of H-pyrrole nitrogens is 1. The number of nitrogens with one attached hydrogen (secondary N) is 2. The normalized spacial score (nSPS) is 13.8. The van der Waals surface area contributed by atoms with Crippen LogP contribution in [0.4, 0.5) is 10.5 Å². The van der Waals surface area contributed by atoms with E-state index in [1.165, 1.54) is 6.33 Å². The quantitative estimate of drug-likeness (QED) is 0.598. The summed E-state index contributed by atoms with van der Waals surface area (Å²) in [5.41, 5.74) is 3.64. The molecule has 3 aromatic rings. The highest BCUT2D eigenvalue weighted by molar-refractivity contribution is 7.98. The lowest BCUT2D eigenvalue weighted by Crippen LogP contribution is -2.51. The number of aryl methyl sites for hydroxylation is 1. The molecule has 2 heterocycles. The van der Waals surface area contributed by atoms with Gasteiger partial charge in [0.15, 0.2) is 5.16 Å². The number of aromatic nitrogens is 3. The van der Waals surface area contributed by atoms with Crippen molar-refractivity contribution in [1.29, 1.82) is 0 Å². The Kier molecular flexibility index (Phi) is 6.51. The Bertz CT molecular complexity index is 1030. The minimum atomic E-state index is -0.133. The monoisotopic (exact) mass is 436 g/mol. The van der Waals surface area contributed by atoms with Gasteiger partial charge in [0.1, 0.15) is 6.33 Å². The van der Waals surface area contributed by atoms with Crippen molar-refractivity contribution in [3.63, 3.8) is 0 Å². The molecule has 31 heavy (non-hydrogen) atoms. The summed E-state index contributed by atoms with van der Waals surface area (Å²) in [6, 6.07) is 15.2. The van der Waals surface area contributed by atoms with E-state index < -0.39 is 0 Å². The number of nitrogens with zero attached hydrogens (tertiary/aromatic N) is 4. The van der Waals surface area contributed by atoms with Gasteiger partial charge in [0, 0.05) is 43.2 Å². The first-order valence-electron chi connectivity index (χ1n) is 10.1. The van der Waals surface area contributed by atoms with E-state index in [4.69, 9.17) is 0 Å². The lowest BCUT2D eigenvalue weighted by molar-refractivity contribution is 0.0671. The van der Waals surface area contributed by atoms with Gasteiger partial charge in [-0.25, -0.2) is 9.78 Å². The fourth-order valence-electron chi connectivity index (χ4n) is 3.38. The van der Waals surface area contributed by atoms with Crippen LogP contribution in [0.1, 0.15) is 21.5 Å². The molecule has 0 spiro atoms. The molecule has 0 bridgehead atoms. The van der Waals surface area contributed by atoms with Crippen LogP contribution in [0.5, 0.6) is 0 Å². The second-order valence-electron chi connectivity index (χ2n) is 7.36. The van der Waals surface area contributed by atoms with Gasteiger partial charge in [-0.1, -0.05) is 36.0 Å². The zero-order valence-electron chi connectivity index (χ0n) is 17.2. The van der Waals surface area contributed by atoms with Crippen molar-refractivity contribution >= 4 is 29.4 Å². The molecule has 2 aromatic carbocycles. The zero-order chi connectivity index (χ0) is 21.6. The van der Waals surface area contributed by atoms with Crippen LogP contribution >= 0.6 is 11.8 Å². The molecule has 1 saturated heterocycles. The molecule has 8 nitrogen and oxygen atoms in total. The van der Waals surface area contributed by atoms with Gasteiger partial charge < -0.3 is 15.1 Å². The number of hydrogen-bond donors (Lipinski definition) is 2. The fourth-order valence-corrected chi connectivity index (χ4v) is 4.11. The molecular weight excluding hydrogens is 412 g/mol. The van der Waals surface area contributed by atoms with Crippen molar-refractivity contribution in [3.8, 4) is 0 Å². The summed E-state index contributed by atoms with van der Waals surface area (Å²) < 4.78 is 0. The number of anilines is 1. The van der Waals surface area contributed by atoms with E-state index in [2.05, 4.69) is 20.5 Å². The van der Waals surface area contributed by atoms with Gasteiger partial charge in [-0.15, -0.1) is 0 Å². The van der Waals surface area contributed by atoms with Gasteiger partial charge in [0.25, 0.3) is 5.91 Å². The lowest BCUT2D eigenvalue weighted by Gasteiger charge is -2.34. The minimum absolute atomic E-state index is 0.00631. The summed E-state index contributed by atoms with van der Waals surface area (Å²) in [5.74, 6) is 0.742. The third kappa shape index (κ3) is 5.43. The number of hydrogen-bond acceptors (Lipinski definition) is 5. The molecule has 0 aliphatic carbocycles. The van der Waals surface area contributed by atoms with Crippen molar-refractivity contribution in [2.24, 2.45) is 0 Å². The van der Waals surface area contributed by atoms with Gasteiger partial charge in [-0.3, -0.25) is 9.89 Å². The van der Waals surface area contributed by atoms with Crippen LogP contribution in [0, 0.1) is 6.92 Å². The van der Waals surface area contributed by atoms with Crippen molar-refractivity contribution in [1.82, 2.24) is 25.0 Å². The van der Waals surface area contributed by atoms with Crippen LogP contribution in [-0.2, 0) is 5.75 Å². The SMILES string of the molecule is Cc1cccc(NC(=O)N2CCN(C(=O)c3ccc(CSc4ncn[nH]4)cc3)CC2)c1. The smallest absolute Gasteiger partial charge is 0.321 e. The molecule has 4 rings (SSSR count). The maximum Gasteiger partial charge on any atom is 0.321 e. The van der Waals surface area contributed by atoms with Crippen LogP contribution in [0.2, 0.25) is 0 Å². The fraction of sp³-hybridized carbons (Fsp3) is 0.273. The standard InChI is InChI=1S/C22H24N6O2S/c1-16-3-2-4-19(13-16)25-22(30)28-11-9-27(10-12-28)20(29)18-7-5-17(6-8-18)14-31-21-23-15-24-26-21/h2-8,13,15H,9-12,14H2,1H3,(H,25,30)(H,23,24,26). The summed E-state index contributed by atoms with van der Waals surface area (Å²) in [7, 11) is 0. The lowest BCUT2D eigenvalue weighted by atomic mass is 10.1. The van der Waals surface area contributed by atoms with E-state index in [1.807, 2.05) is 55.5 Å². The number of benzene rings is 2. The Balaban J connectivity index is 1.27. The van der Waals surface area contributed by atoms with Gasteiger partial charge in [-0.05, 0) is 42.3 Å². The van der Waals surface area contributed by atoms with Gasteiger partial charge in [0.2, 0.25) is 0 Å². The highest BCUT2D eigenvalue weighted by Gasteiger charge is 2.25. The van der Waals surface area contributed by atoms with Gasteiger partial charge in [0.05, 0.1) is 0 Å². The molecule has 0 unspecified atom stereocenters. The van der Waals surface area contributed by atoms with E-state index in [-0.39, 0.29) is 11.9 Å². The average Bonchev–Trinajstić information content (AvgIpc) is 3.31. The number of carbonyl (C=O) groups is 2. The van der Waals surface area contributed by atoms with Crippen LogP contribution < -0.4 is 5.32 Å². The van der Waals surface area contributed by atoms with Crippen LogP contribution in [0.15, 0.2) is 60.0 Å². The first kappa shape index (κ1) is 20.9. The molecule has 1 aromatic heterocycles. The molecule has 1 aliphatic heterocycles. The predicted molar refractivity (Wildman–Crippen MR) is 120 cm³/mol. The summed E-state index contributed by atoms with van der Waals surface area (Å²) in [6.07, 6.45) is 1.48. The highest BCUT2D eigenvalue weighted by Crippen LogP contribution is 2.19. The third-order valence-corrected chi connectivity index (χ3v) is 6.04. The first-order valence-corrected chi connectivity index (χ1v) is 11.1. The summed E-state index contributed by atoms with van der Waals surface area (Å²) in [4.78, 5) is 33.0. The van der Waals surface area contributed by atoms with Gasteiger partial charge >= 0.3 is 6.03 Å². The number of thioether (sulfide) groups is 1. The van der Waals surface area contributed by atoms with Crippen LogP contribution in [0.3, 0.4) is 0 Å². The van der Waals surface area contributed by atoms with E-state index in [9.17, 15) is 9.59 Å². The maximum absolute atomic E-state index is 12.8. The molecule has 1 fully saturated rings. The Morgan fingerprint density at radius 3 is 2.48 bits per heavy atom. The predicted octanol–water partition coefficient (Wildman–Crippen LogP) is 3.40. The van der Waals surface area contributed by atoms with E-state index in [0.29, 0.717) is 31.7 Å². The first-order chi connectivity index (χ1) is 15.1. The molecule has 0 radical (unpaired) electrons. The number of carbonyl (C=O) groups excluding carboxylic acids is 2. The van der Waals surface area contributed by atoms with E-state index in [0.717, 1.165) is 27.7 Å². The van der Waals surface area contributed by atoms with Crippen molar-refractivity contribution in [2.75, 3.05) is 31.5 Å². The molecule has 0 saturated carbocycles. The Morgan fingerprint density at radius 2 is 1.81 bits per heavy atom. The summed E-state index contributed by atoms with van der Waals surface area (Å²) >= 11 is 1.56. The Hall–Kier alpha value is -3.33. The topological polar surface area (TPSA) is 94.2 Å². The number of amides is 3. The van der Waals surface area contributed by atoms with E-state index in [1.54, 1.807) is 21.6 Å². The van der Waals surface area contributed by atoms with Crippen molar-refractivity contribution in [3.05, 3.63) is 71.5 Å². The van der Waals surface area contributed by atoms with E-state index >= 15 is 0 Å². The van der Waals surface area contributed by atoms with Crippen molar-refractivity contribution < 1.29 is 9.59 Å². The second-order valence-corrected chi connectivity index (χ2v) is 8.32. The van der Waals surface area contributed by atoms with Crippen LogP contribution in [-0.4, -0.2) is 63.1 Å². The summed E-state index contributed by atoms with van der Waals surface area (Å²) in [6.45, 7) is 4.04. The molecule has 3 amide bonds. The number of urea groups is 1. The Labute approximate surface area is 185 Å². The number of aromatic amines is 1. The minimum Gasteiger partial charge on any atom is -0.335 e. The Morgan fingerprint density at radius 1 is 1.06 bits per heavy atom. The summed E-state index contributed by atoms with van der Waals surface area (Å²) in [5, 5.41) is 10.3. The molecule has 0 atom stereocenters. The highest BCUT2D eigenvalue weighted by atomic mass is 32.2. The largest absolute Gasteiger partial charge is 0.335 e. The molecule has 1 aliphatic rings. The van der Waals surface area contributed by atoms with Crippen LogP contribution in [0.25, 0.3) is 0 Å². The molecule has 2 N–H and O–H groups in total. The second kappa shape index (κ2) is 9.65. The maximum atomic E-state index is 12.8. The third-order valence-electron chi connectivity index (χ3n) is 5.09. The molecular formula is C22H24N6O2S. The number of piperazine rings is 1. The number of rotatable bonds is 5. The zero-order valence-corrected chi connectivity index (χ0v) is 18.1. The molecule has 160 valence electrons.